The van der Waals surface area contributed by atoms with Crippen molar-refractivity contribution in [2.75, 3.05) is 6.61 Å². The first-order valence-corrected chi connectivity index (χ1v) is 7.02. The molecule has 0 aromatic heterocycles. The quantitative estimate of drug-likeness (QED) is 0.200. The molecule has 0 heterocycles. The molecule has 0 spiro atoms. The van der Waals surface area contributed by atoms with E-state index in [4.69, 9.17) is 14.2 Å². The van der Waals surface area contributed by atoms with Crippen molar-refractivity contribution in [3.8, 4) is 0 Å². The van der Waals surface area contributed by atoms with Crippen LogP contribution >= 0.6 is 0 Å². The van der Waals surface area contributed by atoms with Gasteiger partial charge in [-0.25, -0.2) is 0 Å². The van der Waals surface area contributed by atoms with E-state index in [1.165, 1.54) is 6.92 Å². The lowest BCUT2D eigenvalue weighted by atomic mass is 10.1. The van der Waals surface area contributed by atoms with Gasteiger partial charge in [0.1, 0.15) is 12.7 Å². The second-order valence-electron chi connectivity index (χ2n) is 4.93. The van der Waals surface area contributed by atoms with Gasteiger partial charge < -0.3 is 19.3 Å². The van der Waals surface area contributed by atoms with Gasteiger partial charge >= 0.3 is 17.9 Å². The van der Waals surface area contributed by atoms with Crippen LogP contribution in [0.15, 0.2) is 12.2 Å². The average molecular weight is 347 g/mol. The Labute approximate surface area is 138 Å². The number of aliphatic hydroxyl groups excluding tert-OH is 1. The Bertz CT molecular complexity index is 502. The van der Waals surface area contributed by atoms with E-state index in [1.54, 1.807) is 0 Å². The van der Waals surface area contributed by atoms with E-state index < -0.39 is 53.8 Å². The van der Waals surface area contributed by atoms with Gasteiger partial charge in [0.15, 0.2) is 12.2 Å². The van der Waals surface area contributed by atoms with Crippen molar-refractivity contribution in [3.63, 3.8) is 0 Å². The Morgan fingerprint density at radius 1 is 1.08 bits per heavy atom. The number of carbonyl (C=O) groups excluding carboxylic acids is 3. The molecule has 0 amide bonds. The van der Waals surface area contributed by atoms with E-state index >= 15 is 0 Å². The summed E-state index contributed by atoms with van der Waals surface area (Å²) in [7, 11) is 0. The number of nitro groups is 1. The lowest BCUT2D eigenvalue weighted by Gasteiger charge is -2.24. The molecule has 4 atom stereocenters. The minimum Gasteiger partial charge on any atom is -0.462 e. The summed E-state index contributed by atoms with van der Waals surface area (Å²) >= 11 is 0. The molecule has 1 N–H and O–H groups in total. The topological polar surface area (TPSA) is 142 Å². The van der Waals surface area contributed by atoms with Crippen molar-refractivity contribution in [1.29, 1.82) is 0 Å². The summed E-state index contributed by atoms with van der Waals surface area (Å²) in [5.74, 6) is -2.07. The predicted octanol–water partition coefficient (Wildman–Crippen LogP) is -0.00480. The summed E-state index contributed by atoms with van der Waals surface area (Å²) in [6, 6.07) is -1.29. The van der Waals surface area contributed by atoms with Gasteiger partial charge in [0, 0.05) is 32.6 Å². The third-order valence-corrected chi connectivity index (χ3v) is 2.76. The third kappa shape index (κ3) is 8.83. The Balaban J connectivity index is 5.26. The minimum absolute atomic E-state index is 0.391. The number of hydrogen-bond donors (Lipinski definition) is 1. The standard InChI is InChI=1S/C14H21NO9/c1-8(15(20)21)12(19)5-6-13(23-10(3)17)14(24-11(4)18)7-22-9(2)16/h5-6,8,12-14,19H,7H2,1-4H3/b6-5+/t8?,12?,13-,14+/m1/s1. The zero-order valence-corrected chi connectivity index (χ0v) is 13.8. The van der Waals surface area contributed by atoms with Gasteiger partial charge in [-0.3, -0.25) is 24.5 Å². The Hall–Kier alpha value is -2.49. The van der Waals surface area contributed by atoms with Gasteiger partial charge in [0.2, 0.25) is 6.04 Å². The average Bonchev–Trinajstić information content (AvgIpc) is 2.45. The zero-order chi connectivity index (χ0) is 18.9. The summed E-state index contributed by atoms with van der Waals surface area (Å²) < 4.78 is 14.7. The second kappa shape index (κ2) is 10.3. The van der Waals surface area contributed by atoms with Gasteiger partial charge in [-0.15, -0.1) is 0 Å². The number of nitrogens with zero attached hydrogens (tertiary/aromatic N) is 1. The number of rotatable bonds is 9. The molecule has 0 fully saturated rings. The van der Waals surface area contributed by atoms with Gasteiger partial charge in [-0.1, -0.05) is 0 Å². The molecule has 0 bridgehead atoms. The van der Waals surface area contributed by atoms with Gasteiger partial charge in [-0.2, -0.15) is 0 Å². The van der Waals surface area contributed by atoms with Crippen LogP contribution in [-0.4, -0.2) is 58.9 Å². The van der Waals surface area contributed by atoms with Crippen molar-refractivity contribution in [3.05, 3.63) is 22.3 Å². The molecule has 0 saturated carbocycles. The fraction of sp³-hybridized carbons (Fsp3) is 0.643. The lowest BCUT2D eigenvalue weighted by Crippen LogP contribution is -2.38. The Morgan fingerprint density at radius 3 is 2.04 bits per heavy atom. The summed E-state index contributed by atoms with van der Waals surface area (Å²) in [6.45, 7) is 4.16. The third-order valence-electron chi connectivity index (χ3n) is 2.76. The SMILES string of the molecule is CC(=O)OC[C@H](OC(C)=O)[C@@H](/C=C/C(O)C(C)[N+](=O)[O-])OC(C)=O. The van der Waals surface area contributed by atoms with Crippen LogP contribution in [0.1, 0.15) is 27.7 Å². The summed E-state index contributed by atoms with van der Waals surface area (Å²) in [5, 5.41) is 20.3. The van der Waals surface area contributed by atoms with Crippen LogP contribution in [-0.2, 0) is 28.6 Å². The zero-order valence-electron chi connectivity index (χ0n) is 13.8. The fourth-order valence-electron chi connectivity index (χ4n) is 1.55. The summed E-state index contributed by atoms with van der Waals surface area (Å²) in [6.07, 6.45) is -1.62. The van der Waals surface area contributed by atoms with E-state index in [-0.39, 0.29) is 0 Å². The van der Waals surface area contributed by atoms with Gasteiger partial charge in [0.25, 0.3) is 0 Å². The monoisotopic (exact) mass is 347 g/mol. The molecular weight excluding hydrogens is 326 g/mol. The molecule has 2 unspecified atom stereocenters. The van der Waals surface area contributed by atoms with Crippen LogP contribution in [0.25, 0.3) is 0 Å². The molecule has 0 aromatic carbocycles. The Kier molecular flexibility index (Phi) is 9.25. The molecular formula is C14H21NO9. The highest BCUT2D eigenvalue weighted by Gasteiger charge is 2.28. The number of aliphatic hydroxyl groups is 1. The highest BCUT2D eigenvalue weighted by atomic mass is 16.6. The van der Waals surface area contributed by atoms with E-state index in [0.29, 0.717) is 0 Å². The largest absolute Gasteiger partial charge is 0.462 e. The molecule has 0 rings (SSSR count). The Morgan fingerprint density at radius 2 is 1.62 bits per heavy atom. The van der Waals surface area contributed by atoms with E-state index in [9.17, 15) is 29.6 Å². The highest BCUT2D eigenvalue weighted by Crippen LogP contribution is 2.11. The van der Waals surface area contributed by atoms with Crippen molar-refractivity contribution < 1.29 is 38.6 Å². The number of hydrogen-bond acceptors (Lipinski definition) is 9. The first-order valence-electron chi connectivity index (χ1n) is 7.02. The second-order valence-corrected chi connectivity index (χ2v) is 4.93. The molecule has 24 heavy (non-hydrogen) atoms. The maximum atomic E-state index is 11.2. The van der Waals surface area contributed by atoms with E-state index in [2.05, 4.69) is 0 Å². The molecule has 0 aromatic rings. The first kappa shape index (κ1) is 21.5. The number of esters is 3. The molecule has 10 heteroatoms. The van der Waals surface area contributed by atoms with Crippen molar-refractivity contribution >= 4 is 17.9 Å². The normalized spacial score (nSPS) is 15.9. The smallest absolute Gasteiger partial charge is 0.303 e. The van der Waals surface area contributed by atoms with Crippen molar-refractivity contribution in [1.82, 2.24) is 0 Å². The van der Waals surface area contributed by atoms with Crippen LogP contribution in [0.3, 0.4) is 0 Å². The molecule has 0 aliphatic rings. The van der Waals surface area contributed by atoms with Crippen molar-refractivity contribution in [2.24, 2.45) is 0 Å². The van der Waals surface area contributed by atoms with Crippen molar-refractivity contribution in [2.45, 2.75) is 52.0 Å². The number of carbonyl (C=O) groups is 3. The molecule has 0 aliphatic heterocycles. The van der Waals surface area contributed by atoms with Crippen LogP contribution in [0.4, 0.5) is 0 Å². The van der Waals surface area contributed by atoms with Crippen LogP contribution < -0.4 is 0 Å². The molecule has 0 radical (unpaired) electrons. The highest BCUT2D eigenvalue weighted by molar-refractivity contribution is 5.68. The van der Waals surface area contributed by atoms with E-state index in [1.807, 2.05) is 0 Å². The maximum Gasteiger partial charge on any atom is 0.303 e. The minimum atomic E-state index is -1.45. The maximum absolute atomic E-state index is 11.2. The van der Waals surface area contributed by atoms with Crippen LogP contribution in [0.2, 0.25) is 0 Å². The number of ether oxygens (including phenoxy) is 3. The predicted molar refractivity (Wildman–Crippen MR) is 79.3 cm³/mol. The van der Waals surface area contributed by atoms with Gasteiger partial charge in [-0.05, 0) is 12.2 Å². The molecule has 10 nitrogen and oxygen atoms in total. The van der Waals surface area contributed by atoms with Crippen LogP contribution in [0.5, 0.6) is 0 Å². The van der Waals surface area contributed by atoms with Gasteiger partial charge in [0.05, 0.1) is 0 Å². The molecule has 0 aliphatic carbocycles. The fourth-order valence-corrected chi connectivity index (χ4v) is 1.55. The molecule has 136 valence electrons. The lowest BCUT2D eigenvalue weighted by molar-refractivity contribution is -0.527. The molecule has 0 saturated heterocycles. The van der Waals surface area contributed by atoms with Crippen LogP contribution in [0, 0.1) is 10.1 Å². The summed E-state index contributed by atoms with van der Waals surface area (Å²) in [4.78, 5) is 43.2. The van der Waals surface area contributed by atoms with E-state index in [0.717, 1.165) is 32.9 Å². The summed E-state index contributed by atoms with van der Waals surface area (Å²) in [5.41, 5.74) is 0. The first-order chi connectivity index (χ1) is 11.0.